The zero-order valence-corrected chi connectivity index (χ0v) is 11.9. The lowest BCUT2D eigenvalue weighted by Crippen LogP contribution is -2.05. The average molecular weight is 298 g/mol. The molecule has 0 spiro atoms. The molecule has 0 atom stereocenters. The number of nitrogens with one attached hydrogen (secondary N) is 1. The van der Waals surface area contributed by atoms with Gasteiger partial charge in [-0.3, -0.25) is 0 Å². The second-order valence-corrected chi connectivity index (χ2v) is 4.78. The summed E-state index contributed by atoms with van der Waals surface area (Å²) in [5.41, 5.74) is 1.80. The van der Waals surface area contributed by atoms with E-state index in [1.807, 2.05) is 6.92 Å². The highest BCUT2D eigenvalue weighted by molar-refractivity contribution is 6.31. The van der Waals surface area contributed by atoms with Gasteiger partial charge in [-0.1, -0.05) is 23.7 Å². The lowest BCUT2D eigenvalue weighted by atomic mass is 10.1. The van der Waals surface area contributed by atoms with Crippen LogP contribution in [0.25, 0.3) is 0 Å². The van der Waals surface area contributed by atoms with Crippen LogP contribution in [0.4, 0.5) is 14.5 Å². The topological polar surface area (TPSA) is 21.3 Å². The van der Waals surface area contributed by atoms with Crippen LogP contribution < -0.4 is 10.1 Å². The summed E-state index contributed by atoms with van der Waals surface area (Å²) in [4.78, 5) is 0. The lowest BCUT2D eigenvalue weighted by molar-refractivity contribution is 0.416. The molecule has 0 saturated carbocycles. The minimum absolute atomic E-state index is 0.154. The summed E-state index contributed by atoms with van der Waals surface area (Å²) in [6, 6.07) is 7.58. The Morgan fingerprint density at radius 1 is 1.25 bits per heavy atom. The Kier molecular flexibility index (Phi) is 4.45. The largest absolute Gasteiger partial charge is 0.495 e. The first-order valence-corrected chi connectivity index (χ1v) is 6.41. The summed E-state index contributed by atoms with van der Waals surface area (Å²) in [6.07, 6.45) is 0. The van der Waals surface area contributed by atoms with Crippen molar-refractivity contribution >= 4 is 17.3 Å². The van der Waals surface area contributed by atoms with E-state index in [4.69, 9.17) is 16.3 Å². The molecule has 0 unspecified atom stereocenters. The number of benzene rings is 2. The molecule has 0 heterocycles. The maximum atomic E-state index is 13.6. The van der Waals surface area contributed by atoms with Gasteiger partial charge in [0.05, 0.1) is 12.8 Å². The van der Waals surface area contributed by atoms with Crippen molar-refractivity contribution < 1.29 is 13.5 Å². The van der Waals surface area contributed by atoms with Crippen molar-refractivity contribution in [1.29, 1.82) is 0 Å². The quantitative estimate of drug-likeness (QED) is 0.894. The van der Waals surface area contributed by atoms with E-state index in [0.29, 0.717) is 16.5 Å². The smallest absolute Gasteiger partial charge is 0.163 e. The fourth-order valence-electron chi connectivity index (χ4n) is 1.85. The second-order valence-electron chi connectivity index (χ2n) is 4.37. The van der Waals surface area contributed by atoms with Gasteiger partial charge in [-0.05, 0) is 24.6 Å². The molecule has 2 rings (SSSR count). The average Bonchev–Trinajstić information content (AvgIpc) is 2.43. The molecule has 20 heavy (non-hydrogen) atoms. The summed E-state index contributed by atoms with van der Waals surface area (Å²) in [7, 11) is 1.52. The third kappa shape index (κ3) is 3.02. The normalized spacial score (nSPS) is 10.4. The van der Waals surface area contributed by atoms with Crippen LogP contribution in [-0.4, -0.2) is 7.11 Å². The van der Waals surface area contributed by atoms with Crippen molar-refractivity contribution in [2.24, 2.45) is 0 Å². The predicted octanol–water partition coefficient (Wildman–Crippen LogP) is 4.55. The van der Waals surface area contributed by atoms with Gasteiger partial charge in [-0.2, -0.15) is 0 Å². The van der Waals surface area contributed by atoms with Crippen LogP contribution in [0.3, 0.4) is 0 Å². The SMILES string of the molecule is COc1cc(Cl)c(C)cc1NCc1cccc(F)c1F. The van der Waals surface area contributed by atoms with Crippen LogP contribution in [0.2, 0.25) is 5.02 Å². The zero-order valence-electron chi connectivity index (χ0n) is 11.1. The van der Waals surface area contributed by atoms with E-state index in [-0.39, 0.29) is 12.1 Å². The third-order valence-corrected chi connectivity index (χ3v) is 3.39. The maximum Gasteiger partial charge on any atom is 0.163 e. The molecule has 0 radical (unpaired) electrons. The first-order chi connectivity index (χ1) is 9.52. The first kappa shape index (κ1) is 14.6. The molecule has 2 aromatic carbocycles. The van der Waals surface area contributed by atoms with Gasteiger partial charge in [0.1, 0.15) is 5.75 Å². The highest BCUT2D eigenvalue weighted by Crippen LogP contribution is 2.31. The highest BCUT2D eigenvalue weighted by atomic mass is 35.5. The van der Waals surface area contributed by atoms with Crippen LogP contribution in [-0.2, 0) is 6.54 Å². The number of hydrogen-bond acceptors (Lipinski definition) is 2. The molecule has 0 aliphatic heterocycles. The summed E-state index contributed by atoms with van der Waals surface area (Å²) in [6.45, 7) is 2.01. The van der Waals surface area contributed by atoms with E-state index in [0.717, 1.165) is 11.6 Å². The van der Waals surface area contributed by atoms with Crippen molar-refractivity contribution in [3.8, 4) is 5.75 Å². The number of ether oxygens (including phenoxy) is 1. The van der Waals surface area contributed by atoms with Crippen LogP contribution >= 0.6 is 11.6 Å². The Morgan fingerprint density at radius 2 is 2.00 bits per heavy atom. The molecule has 0 amide bonds. The molecule has 0 saturated heterocycles. The number of rotatable bonds is 4. The Morgan fingerprint density at radius 3 is 2.70 bits per heavy atom. The molecule has 1 N–H and O–H groups in total. The Balaban J connectivity index is 2.22. The summed E-state index contributed by atoms with van der Waals surface area (Å²) >= 11 is 6.01. The lowest BCUT2D eigenvalue weighted by Gasteiger charge is -2.13. The van der Waals surface area contributed by atoms with E-state index in [2.05, 4.69) is 5.32 Å². The third-order valence-electron chi connectivity index (χ3n) is 2.98. The van der Waals surface area contributed by atoms with Crippen molar-refractivity contribution in [2.75, 3.05) is 12.4 Å². The molecule has 0 aromatic heterocycles. The number of aryl methyl sites for hydroxylation is 1. The molecular formula is C15H14ClF2NO. The van der Waals surface area contributed by atoms with Crippen molar-refractivity contribution in [2.45, 2.75) is 13.5 Å². The molecule has 0 fully saturated rings. The van der Waals surface area contributed by atoms with Gasteiger partial charge in [0.15, 0.2) is 11.6 Å². The van der Waals surface area contributed by atoms with Crippen LogP contribution in [0.5, 0.6) is 5.75 Å². The van der Waals surface area contributed by atoms with E-state index < -0.39 is 11.6 Å². The maximum absolute atomic E-state index is 13.6. The monoisotopic (exact) mass is 297 g/mol. The molecule has 2 aromatic rings. The number of hydrogen-bond donors (Lipinski definition) is 1. The van der Waals surface area contributed by atoms with Crippen molar-refractivity contribution in [1.82, 2.24) is 0 Å². The number of anilines is 1. The second kappa shape index (κ2) is 6.09. The van der Waals surface area contributed by atoms with E-state index in [1.165, 1.54) is 19.2 Å². The Labute approximate surface area is 121 Å². The number of methoxy groups -OCH3 is 1. The minimum Gasteiger partial charge on any atom is -0.495 e. The summed E-state index contributed by atoms with van der Waals surface area (Å²) < 4.78 is 31.9. The van der Waals surface area contributed by atoms with E-state index in [1.54, 1.807) is 12.1 Å². The first-order valence-electron chi connectivity index (χ1n) is 6.04. The van der Waals surface area contributed by atoms with Gasteiger partial charge in [0.25, 0.3) is 0 Å². The molecule has 5 heteroatoms. The van der Waals surface area contributed by atoms with Gasteiger partial charge in [0, 0.05) is 23.2 Å². The molecule has 0 aliphatic rings. The van der Waals surface area contributed by atoms with Crippen molar-refractivity contribution in [3.05, 3.63) is 58.1 Å². The van der Waals surface area contributed by atoms with E-state index in [9.17, 15) is 8.78 Å². The van der Waals surface area contributed by atoms with Gasteiger partial charge in [-0.15, -0.1) is 0 Å². The fourth-order valence-corrected chi connectivity index (χ4v) is 2.00. The van der Waals surface area contributed by atoms with Crippen LogP contribution in [0, 0.1) is 18.6 Å². The van der Waals surface area contributed by atoms with Crippen LogP contribution in [0.15, 0.2) is 30.3 Å². The molecule has 2 nitrogen and oxygen atoms in total. The van der Waals surface area contributed by atoms with Gasteiger partial charge in [-0.25, -0.2) is 8.78 Å². The Hall–Kier alpha value is -1.81. The molecular weight excluding hydrogens is 284 g/mol. The van der Waals surface area contributed by atoms with E-state index >= 15 is 0 Å². The predicted molar refractivity (Wildman–Crippen MR) is 76.4 cm³/mol. The van der Waals surface area contributed by atoms with Gasteiger partial charge in [0.2, 0.25) is 0 Å². The fraction of sp³-hybridized carbons (Fsp3) is 0.200. The molecule has 106 valence electrons. The standard InChI is InChI=1S/C15H14ClF2NO/c1-9-6-13(14(20-2)7-11(9)16)19-8-10-4-3-5-12(17)15(10)18/h3-7,19H,8H2,1-2H3. The van der Waals surface area contributed by atoms with Crippen molar-refractivity contribution in [3.63, 3.8) is 0 Å². The zero-order chi connectivity index (χ0) is 14.7. The molecule has 0 bridgehead atoms. The van der Waals surface area contributed by atoms with Gasteiger partial charge >= 0.3 is 0 Å². The molecule has 0 aliphatic carbocycles. The van der Waals surface area contributed by atoms with Crippen LogP contribution in [0.1, 0.15) is 11.1 Å². The highest BCUT2D eigenvalue weighted by Gasteiger charge is 2.10. The van der Waals surface area contributed by atoms with Gasteiger partial charge < -0.3 is 10.1 Å². The summed E-state index contributed by atoms with van der Waals surface area (Å²) in [5.74, 6) is -1.15. The minimum atomic E-state index is -0.858. The summed E-state index contributed by atoms with van der Waals surface area (Å²) in [5, 5.41) is 3.61. The number of halogens is 3. The Bertz CT molecular complexity index is 632.